The zero-order valence-electron chi connectivity index (χ0n) is 20.3. The van der Waals surface area contributed by atoms with Gasteiger partial charge in [0, 0.05) is 37.7 Å². The van der Waals surface area contributed by atoms with Crippen molar-refractivity contribution in [3.63, 3.8) is 0 Å². The van der Waals surface area contributed by atoms with Crippen molar-refractivity contribution >= 4 is 5.91 Å². The number of nitrogens with zero attached hydrogens (tertiary/aromatic N) is 1. The molecule has 0 spiro atoms. The SMILES string of the molecule is O=C(CCNCCc1ccccc1)N(CCNCCc1ccc(O)c(CO)c1)C1CCCCC1. The van der Waals surface area contributed by atoms with E-state index in [-0.39, 0.29) is 18.3 Å². The highest BCUT2D eigenvalue weighted by molar-refractivity contribution is 5.76. The van der Waals surface area contributed by atoms with Crippen molar-refractivity contribution in [2.45, 2.75) is 64.0 Å². The largest absolute Gasteiger partial charge is 0.508 e. The highest BCUT2D eigenvalue weighted by Crippen LogP contribution is 2.23. The zero-order chi connectivity index (χ0) is 24.0. The van der Waals surface area contributed by atoms with Gasteiger partial charge in [-0.25, -0.2) is 0 Å². The maximum absolute atomic E-state index is 13.1. The lowest BCUT2D eigenvalue weighted by Gasteiger charge is -2.34. The Hall–Kier alpha value is -2.41. The van der Waals surface area contributed by atoms with E-state index in [1.807, 2.05) is 18.2 Å². The van der Waals surface area contributed by atoms with Crippen molar-refractivity contribution in [2.24, 2.45) is 0 Å². The van der Waals surface area contributed by atoms with Crippen LogP contribution in [0.4, 0.5) is 0 Å². The van der Waals surface area contributed by atoms with Crippen molar-refractivity contribution in [2.75, 3.05) is 32.7 Å². The molecule has 4 N–H and O–H groups in total. The molecule has 0 radical (unpaired) electrons. The van der Waals surface area contributed by atoms with E-state index in [1.165, 1.54) is 24.8 Å². The summed E-state index contributed by atoms with van der Waals surface area (Å²) in [6, 6.07) is 16.2. The van der Waals surface area contributed by atoms with Gasteiger partial charge in [-0.3, -0.25) is 4.79 Å². The molecule has 1 aliphatic carbocycles. The lowest BCUT2D eigenvalue weighted by molar-refractivity contribution is -0.134. The van der Waals surface area contributed by atoms with E-state index in [1.54, 1.807) is 6.07 Å². The first-order chi connectivity index (χ1) is 16.7. The Labute approximate surface area is 204 Å². The number of aliphatic hydroxyl groups excluding tert-OH is 1. The van der Waals surface area contributed by atoms with E-state index >= 15 is 0 Å². The summed E-state index contributed by atoms with van der Waals surface area (Å²) in [6.07, 6.45) is 8.27. The smallest absolute Gasteiger partial charge is 0.224 e. The molecule has 0 aliphatic heterocycles. The fourth-order valence-corrected chi connectivity index (χ4v) is 4.72. The molecule has 0 aromatic heterocycles. The summed E-state index contributed by atoms with van der Waals surface area (Å²) in [7, 11) is 0. The number of carbonyl (C=O) groups is 1. The molecule has 3 rings (SSSR count). The van der Waals surface area contributed by atoms with Gasteiger partial charge in [0.15, 0.2) is 0 Å². The molecule has 0 saturated heterocycles. The number of benzene rings is 2. The molecule has 1 amide bonds. The number of rotatable bonds is 14. The lowest BCUT2D eigenvalue weighted by Crippen LogP contribution is -2.45. The molecule has 34 heavy (non-hydrogen) atoms. The van der Waals surface area contributed by atoms with E-state index in [0.29, 0.717) is 18.0 Å². The van der Waals surface area contributed by atoms with Crippen LogP contribution in [0.1, 0.15) is 55.2 Å². The van der Waals surface area contributed by atoms with Crippen LogP contribution in [0.5, 0.6) is 5.75 Å². The third kappa shape index (κ3) is 8.75. The number of aromatic hydroxyl groups is 1. The quantitative estimate of drug-likeness (QED) is 0.320. The van der Waals surface area contributed by atoms with Crippen molar-refractivity contribution in [1.82, 2.24) is 15.5 Å². The Bertz CT molecular complexity index is 853. The minimum Gasteiger partial charge on any atom is -0.508 e. The second-order valence-corrected chi connectivity index (χ2v) is 9.24. The molecule has 1 aliphatic rings. The van der Waals surface area contributed by atoms with E-state index in [9.17, 15) is 15.0 Å². The Morgan fingerprint density at radius 1 is 0.882 bits per heavy atom. The van der Waals surface area contributed by atoms with Gasteiger partial charge in [0.25, 0.3) is 0 Å². The Balaban J connectivity index is 1.39. The average molecular weight is 468 g/mol. The molecule has 0 heterocycles. The highest BCUT2D eigenvalue weighted by Gasteiger charge is 2.24. The normalized spacial score (nSPS) is 14.3. The van der Waals surface area contributed by atoms with Crippen LogP contribution >= 0.6 is 0 Å². The van der Waals surface area contributed by atoms with Gasteiger partial charge in [-0.05, 0) is 62.0 Å². The van der Waals surface area contributed by atoms with E-state index < -0.39 is 0 Å². The molecule has 1 saturated carbocycles. The van der Waals surface area contributed by atoms with Crippen LogP contribution < -0.4 is 10.6 Å². The predicted molar refractivity (Wildman–Crippen MR) is 137 cm³/mol. The first kappa shape index (κ1) is 26.2. The standard InChI is InChI=1S/C28H41N3O3/c32-22-25-21-24(11-12-27(25)33)14-17-30-19-20-31(26-9-5-2-6-10-26)28(34)15-18-29-16-13-23-7-3-1-4-8-23/h1,3-4,7-8,11-12,21,26,29-30,32-33H,2,5-6,9-10,13-20,22H2. The summed E-state index contributed by atoms with van der Waals surface area (Å²) in [6.45, 7) is 3.75. The fourth-order valence-electron chi connectivity index (χ4n) is 4.72. The van der Waals surface area contributed by atoms with Crippen molar-refractivity contribution in [3.8, 4) is 5.75 Å². The van der Waals surface area contributed by atoms with Gasteiger partial charge in [-0.2, -0.15) is 0 Å². The van der Waals surface area contributed by atoms with Gasteiger partial charge in [-0.15, -0.1) is 0 Å². The molecule has 2 aromatic rings. The molecular weight excluding hydrogens is 426 g/mol. The summed E-state index contributed by atoms with van der Waals surface area (Å²) >= 11 is 0. The Morgan fingerprint density at radius 3 is 2.32 bits per heavy atom. The van der Waals surface area contributed by atoms with Gasteiger partial charge < -0.3 is 25.7 Å². The number of hydrogen-bond donors (Lipinski definition) is 4. The van der Waals surface area contributed by atoms with Gasteiger partial charge in [0.05, 0.1) is 6.61 Å². The molecule has 6 nitrogen and oxygen atoms in total. The predicted octanol–water partition coefficient (Wildman–Crippen LogP) is 3.40. The number of carbonyl (C=O) groups excluding carboxylic acids is 1. The van der Waals surface area contributed by atoms with E-state index in [4.69, 9.17) is 0 Å². The number of phenols is 1. The Kier molecular flexibility index (Phi) is 11.4. The second kappa shape index (κ2) is 14.8. The molecule has 0 unspecified atom stereocenters. The maximum Gasteiger partial charge on any atom is 0.224 e. The molecule has 186 valence electrons. The van der Waals surface area contributed by atoms with Crippen LogP contribution in [0.3, 0.4) is 0 Å². The van der Waals surface area contributed by atoms with Crippen LogP contribution in [-0.4, -0.2) is 59.8 Å². The van der Waals surface area contributed by atoms with Crippen molar-refractivity contribution in [1.29, 1.82) is 0 Å². The summed E-state index contributed by atoms with van der Waals surface area (Å²) in [5, 5.41) is 25.9. The average Bonchev–Trinajstić information content (AvgIpc) is 2.88. The highest BCUT2D eigenvalue weighted by atomic mass is 16.3. The first-order valence-corrected chi connectivity index (χ1v) is 12.8. The minimum absolute atomic E-state index is 0.135. The zero-order valence-corrected chi connectivity index (χ0v) is 20.3. The minimum atomic E-state index is -0.160. The van der Waals surface area contributed by atoms with Crippen LogP contribution in [0.15, 0.2) is 48.5 Å². The summed E-state index contributed by atoms with van der Waals surface area (Å²) in [5.41, 5.74) is 2.95. The number of hydrogen-bond acceptors (Lipinski definition) is 5. The van der Waals surface area contributed by atoms with Crippen LogP contribution in [0, 0.1) is 0 Å². The van der Waals surface area contributed by atoms with Gasteiger partial charge in [0.2, 0.25) is 5.91 Å². The second-order valence-electron chi connectivity index (χ2n) is 9.24. The van der Waals surface area contributed by atoms with Gasteiger partial charge >= 0.3 is 0 Å². The third-order valence-corrected chi connectivity index (χ3v) is 6.72. The van der Waals surface area contributed by atoms with Crippen LogP contribution in [-0.2, 0) is 24.2 Å². The molecule has 0 atom stereocenters. The van der Waals surface area contributed by atoms with E-state index in [2.05, 4.69) is 39.8 Å². The van der Waals surface area contributed by atoms with Gasteiger partial charge in [-0.1, -0.05) is 55.7 Å². The summed E-state index contributed by atoms with van der Waals surface area (Å²) in [5.74, 6) is 0.391. The molecular formula is C28H41N3O3. The van der Waals surface area contributed by atoms with Crippen LogP contribution in [0.25, 0.3) is 0 Å². The monoisotopic (exact) mass is 467 g/mol. The van der Waals surface area contributed by atoms with Crippen LogP contribution in [0.2, 0.25) is 0 Å². The van der Waals surface area contributed by atoms with Gasteiger partial charge in [0.1, 0.15) is 5.75 Å². The number of aliphatic hydroxyl groups is 1. The molecule has 0 bridgehead atoms. The lowest BCUT2D eigenvalue weighted by atomic mass is 9.94. The van der Waals surface area contributed by atoms with Crippen molar-refractivity contribution in [3.05, 3.63) is 65.2 Å². The first-order valence-electron chi connectivity index (χ1n) is 12.8. The number of nitrogens with one attached hydrogen (secondary N) is 2. The molecule has 1 fully saturated rings. The molecule has 2 aromatic carbocycles. The Morgan fingerprint density at radius 2 is 1.59 bits per heavy atom. The fraction of sp³-hybridized carbons (Fsp3) is 0.536. The topological polar surface area (TPSA) is 84.8 Å². The summed E-state index contributed by atoms with van der Waals surface area (Å²) in [4.78, 5) is 15.2. The maximum atomic E-state index is 13.1. The van der Waals surface area contributed by atoms with Crippen molar-refractivity contribution < 1.29 is 15.0 Å². The van der Waals surface area contributed by atoms with E-state index in [0.717, 1.165) is 64.0 Å². The summed E-state index contributed by atoms with van der Waals surface area (Å²) < 4.78 is 0. The number of amides is 1. The third-order valence-electron chi connectivity index (χ3n) is 6.72. The molecule has 6 heteroatoms.